The lowest BCUT2D eigenvalue weighted by Gasteiger charge is -2.21. The van der Waals surface area contributed by atoms with E-state index in [0.717, 1.165) is 18.1 Å². The highest BCUT2D eigenvalue weighted by Crippen LogP contribution is 2.06. The van der Waals surface area contributed by atoms with Crippen molar-refractivity contribution in [1.82, 2.24) is 15.2 Å². The maximum Gasteiger partial charge on any atom is 0.212 e. The summed E-state index contributed by atoms with van der Waals surface area (Å²) in [7, 11) is 5.47. The van der Waals surface area contributed by atoms with Crippen LogP contribution in [0.5, 0.6) is 5.88 Å². The fourth-order valence-electron chi connectivity index (χ4n) is 1.70. The molecule has 0 saturated heterocycles. The Morgan fingerprint density at radius 2 is 2.26 bits per heavy atom. The van der Waals surface area contributed by atoms with E-state index in [-0.39, 0.29) is 0 Å². The molecule has 0 aliphatic carbocycles. The quantitative estimate of drug-likeness (QED) is 0.630. The lowest BCUT2D eigenvalue weighted by Crippen LogP contribution is -2.38. The molecule has 0 bridgehead atoms. The van der Waals surface area contributed by atoms with Crippen molar-refractivity contribution in [2.24, 2.45) is 4.99 Å². The summed E-state index contributed by atoms with van der Waals surface area (Å²) >= 11 is 0. The van der Waals surface area contributed by atoms with Crippen LogP contribution < -0.4 is 10.1 Å². The van der Waals surface area contributed by atoms with Gasteiger partial charge in [-0.3, -0.25) is 4.99 Å². The van der Waals surface area contributed by atoms with E-state index in [4.69, 9.17) is 4.74 Å². The number of ether oxygens (including phenoxy) is 1. The number of hydrogen-bond acceptors (Lipinski definition) is 3. The van der Waals surface area contributed by atoms with Crippen LogP contribution in [-0.2, 0) is 6.54 Å². The zero-order chi connectivity index (χ0) is 14.1. The van der Waals surface area contributed by atoms with Crippen molar-refractivity contribution in [2.75, 3.05) is 27.7 Å². The van der Waals surface area contributed by atoms with Gasteiger partial charge in [0.25, 0.3) is 0 Å². The molecule has 19 heavy (non-hydrogen) atoms. The van der Waals surface area contributed by atoms with Gasteiger partial charge >= 0.3 is 0 Å². The van der Waals surface area contributed by atoms with Crippen molar-refractivity contribution < 1.29 is 4.74 Å². The SMILES string of the molecule is CCCCN(C)C(=NC)NCc1ccc(OC)nc1. The molecule has 5 heteroatoms. The Balaban J connectivity index is 2.48. The fourth-order valence-corrected chi connectivity index (χ4v) is 1.70. The normalized spacial score (nSPS) is 11.3. The highest BCUT2D eigenvalue weighted by molar-refractivity contribution is 5.79. The summed E-state index contributed by atoms with van der Waals surface area (Å²) in [6, 6.07) is 3.86. The number of aromatic nitrogens is 1. The fraction of sp³-hybridized carbons (Fsp3) is 0.571. The molecule has 5 nitrogen and oxygen atoms in total. The molecule has 0 saturated carbocycles. The van der Waals surface area contributed by atoms with Gasteiger partial charge < -0.3 is 15.0 Å². The predicted octanol–water partition coefficient (Wildman–Crippen LogP) is 1.90. The van der Waals surface area contributed by atoms with Gasteiger partial charge in [-0.15, -0.1) is 0 Å². The van der Waals surface area contributed by atoms with Crippen LogP contribution in [0.15, 0.2) is 23.3 Å². The van der Waals surface area contributed by atoms with Crippen LogP contribution >= 0.6 is 0 Å². The van der Waals surface area contributed by atoms with Gasteiger partial charge in [0.15, 0.2) is 5.96 Å². The Kier molecular flexibility index (Phi) is 6.71. The number of pyridine rings is 1. The van der Waals surface area contributed by atoms with Crippen molar-refractivity contribution in [1.29, 1.82) is 0 Å². The Hall–Kier alpha value is -1.78. The molecule has 0 aromatic carbocycles. The first-order chi connectivity index (χ1) is 9.21. The molecule has 0 aliphatic heterocycles. The largest absolute Gasteiger partial charge is 0.481 e. The highest BCUT2D eigenvalue weighted by atomic mass is 16.5. The molecular weight excluding hydrogens is 240 g/mol. The molecule has 1 rings (SSSR count). The molecule has 0 aliphatic rings. The zero-order valence-corrected chi connectivity index (χ0v) is 12.3. The van der Waals surface area contributed by atoms with Gasteiger partial charge in [-0.1, -0.05) is 19.4 Å². The summed E-state index contributed by atoms with van der Waals surface area (Å²) in [5.41, 5.74) is 1.10. The topological polar surface area (TPSA) is 49.8 Å². The van der Waals surface area contributed by atoms with E-state index in [1.807, 2.05) is 18.3 Å². The lowest BCUT2D eigenvalue weighted by atomic mass is 10.3. The molecule has 0 unspecified atom stereocenters. The lowest BCUT2D eigenvalue weighted by molar-refractivity contribution is 0.397. The number of methoxy groups -OCH3 is 1. The molecule has 1 heterocycles. The van der Waals surface area contributed by atoms with E-state index in [9.17, 15) is 0 Å². The van der Waals surface area contributed by atoms with Gasteiger partial charge in [0.1, 0.15) is 0 Å². The van der Waals surface area contributed by atoms with Crippen molar-refractivity contribution in [3.8, 4) is 5.88 Å². The van der Waals surface area contributed by atoms with Gasteiger partial charge in [-0.25, -0.2) is 4.98 Å². The maximum atomic E-state index is 5.03. The average molecular weight is 264 g/mol. The summed E-state index contributed by atoms with van der Waals surface area (Å²) in [6.45, 7) is 3.91. The third-order valence-electron chi connectivity index (χ3n) is 2.88. The van der Waals surface area contributed by atoms with Crippen LogP contribution in [0, 0.1) is 0 Å². The Bertz CT molecular complexity index is 389. The van der Waals surface area contributed by atoms with Crippen molar-refractivity contribution in [3.05, 3.63) is 23.9 Å². The van der Waals surface area contributed by atoms with Crippen molar-refractivity contribution in [2.45, 2.75) is 26.3 Å². The van der Waals surface area contributed by atoms with Gasteiger partial charge in [0, 0.05) is 39.4 Å². The van der Waals surface area contributed by atoms with Crippen LogP contribution in [-0.4, -0.2) is 43.6 Å². The highest BCUT2D eigenvalue weighted by Gasteiger charge is 2.04. The van der Waals surface area contributed by atoms with Crippen molar-refractivity contribution >= 4 is 5.96 Å². The molecular formula is C14H24N4O. The summed E-state index contributed by atoms with van der Waals surface area (Å²) in [5.74, 6) is 1.54. The van der Waals surface area contributed by atoms with E-state index in [1.54, 1.807) is 14.2 Å². The van der Waals surface area contributed by atoms with Gasteiger partial charge in [0.2, 0.25) is 5.88 Å². The minimum atomic E-state index is 0.633. The maximum absolute atomic E-state index is 5.03. The van der Waals surface area contributed by atoms with E-state index < -0.39 is 0 Å². The number of nitrogens with zero attached hydrogens (tertiary/aromatic N) is 3. The number of hydrogen-bond donors (Lipinski definition) is 1. The minimum Gasteiger partial charge on any atom is -0.481 e. The van der Waals surface area contributed by atoms with E-state index in [1.165, 1.54) is 12.8 Å². The zero-order valence-electron chi connectivity index (χ0n) is 12.3. The van der Waals surface area contributed by atoms with E-state index in [2.05, 4.69) is 34.2 Å². The minimum absolute atomic E-state index is 0.633. The van der Waals surface area contributed by atoms with Crippen LogP contribution in [0.25, 0.3) is 0 Å². The van der Waals surface area contributed by atoms with Gasteiger partial charge in [0.05, 0.1) is 7.11 Å². The van der Waals surface area contributed by atoms with E-state index in [0.29, 0.717) is 12.4 Å². The standard InChI is InChI=1S/C14H24N4O/c1-5-6-9-18(3)14(15-2)17-11-12-7-8-13(19-4)16-10-12/h7-8,10H,5-6,9,11H2,1-4H3,(H,15,17). The average Bonchev–Trinajstić information content (AvgIpc) is 2.46. The molecule has 0 atom stereocenters. The summed E-state index contributed by atoms with van der Waals surface area (Å²) in [6.07, 6.45) is 4.16. The number of guanidine groups is 1. The summed E-state index contributed by atoms with van der Waals surface area (Å²) in [5, 5.41) is 3.33. The molecule has 0 amide bonds. The van der Waals surface area contributed by atoms with Crippen LogP contribution in [0.2, 0.25) is 0 Å². The van der Waals surface area contributed by atoms with Crippen LogP contribution in [0.4, 0.5) is 0 Å². The third kappa shape index (κ3) is 5.16. The first kappa shape index (κ1) is 15.3. The second-order valence-electron chi connectivity index (χ2n) is 4.38. The smallest absolute Gasteiger partial charge is 0.212 e. The molecule has 0 spiro atoms. The monoisotopic (exact) mass is 264 g/mol. The molecule has 1 aromatic rings. The van der Waals surface area contributed by atoms with Crippen LogP contribution in [0.1, 0.15) is 25.3 Å². The molecule has 0 radical (unpaired) electrons. The summed E-state index contributed by atoms with van der Waals surface area (Å²) in [4.78, 5) is 10.6. The Morgan fingerprint density at radius 1 is 1.47 bits per heavy atom. The number of unbranched alkanes of at least 4 members (excludes halogenated alkanes) is 1. The second-order valence-corrected chi connectivity index (χ2v) is 4.38. The number of nitrogens with one attached hydrogen (secondary N) is 1. The molecule has 1 aromatic heterocycles. The van der Waals surface area contributed by atoms with Crippen LogP contribution in [0.3, 0.4) is 0 Å². The van der Waals surface area contributed by atoms with Gasteiger partial charge in [-0.2, -0.15) is 0 Å². The molecule has 0 fully saturated rings. The first-order valence-corrected chi connectivity index (χ1v) is 6.62. The Labute approximate surface area is 115 Å². The Morgan fingerprint density at radius 3 is 2.79 bits per heavy atom. The predicted molar refractivity (Wildman–Crippen MR) is 78.5 cm³/mol. The first-order valence-electron chi connectivity index (χ1n) is 6.62. The third-order valence-corrected chi connectivity index (χ3v) is 2.88. The molecule has 1 N–H and O–H groups in total. The molecule has 106 valence electrons. The summed E-state index contributed by atoms with van der Waals surface area (Å²) < 4.78 is 5.03. The number of aliphatic imine (C=N–C) groups is 1. The number of rotatable bonds is 6. The second kappa shape index (κ2) is 8.34. The van der Waals surface area contributed by atoms with E-state index >= 15 is 0 Å². The van der Waals surface area contributed by atoms with Gasteiger partial charge in [-0.05, 0) is 12.0 Å². The van der Waals surface area contributed by atoms with Crippen molar-refractivity contribution in [3.63, 3.8) is 0 Å².